The van der Waals surface area contributed by atoms with Gasteiger partial charge < -0.3 is 14.5 Å². The van der Waals surface area contributed by atoms with Crippen molar-refractivity contribution in [3.05, 3.63) is 34.5 Å². The Balaban J connectivity index is 1.46. The van der Waals surface area contributed by atoms with Gasteiger partial charge in [0.1, 0.15) is 11.6 Å². The Morgan fingerprint density at radius 1 is 1.07 bits per heavy atom. The van der Waals surface area contributed by atoms with Crippen LogP contribution in [-0.2, 0) is 11.3 Å². The van der Waals surface area contributed by atoms with E-state index in [9.17, 15) is 4.79 Å². The van der Waals surface area contributed by atoms with Crippen molar-refractivity contribution in [1.29, 1.82) is 0 Å². The summed E-state index contributed by atoms with van der Waals surface area (Å²) in [5.41, 5.74) is 3.71. The van der Waals surface area contributed by atoms with Crippen LogP contribution in [0.2, 0.25) is 0 Å². The second-order valence-electron chi connectivity index (χ2n) is 8.27. The van der Waals surface area contributed by atoms with Gasteiger partial charge in [0, 0.05) is 56.1 Å². The van der Waals surface area contributed by atoms with E-state index >= 15 is 0 Å². The average Bonchev–Trinajstić information content (AvgIpc) is 3.16. The van der Waals surface area contributed by atoms with Crippen LogP contribution in [0.15, 0.2) is 6.20 Å². The minimum absolute atomic E-state index is 0.0839. The fourth-order valence-corrected chi connectivity index (χ4v) is 4.30. The van der Waals surface area contributed by atoms with Gasteiger partial charge in [0.2, 0.25) is 0 Å². The molecule has 30 heavy (non-hydrogen) atoms. The lowest BCUT2D eigenvalue weighted by molar-refractivity contribution is 0.0710. The first-order valence-corrected chi connectivity index (χ1v) is 11.0. The molecule has 2 aromatic heterocycles. The van der Waals surface area contributed by atoms with E-state index in [1.165, 1.54) is 0 Å². The van der Waals surface area contributed by atoms with Crippen molar-refractivity contribution in [2.45, 2.75) is 53.0 Å². The van der Waals surface area contributed by atoms with Gasteiger partial charge in [-0.25, -0.2) is 9.97 Å². The molecule has 4 heterocycles. The molecule has 8 heteroatoms. The van der Waals surface area contributed by atoms with E-state index in [1.54, 1.807) is 0 Å². The molecule has 1 amide bonds. The summed E-state index contributed by atoms with van der Waals surface area (Å²) in [6, 6.07) is 0. The summed E-state index contributed by atoms with van der Waals surface area (Å²) in [7, 11) is 0. The molecule has 2 aromatic rings. The Bertz CT molecular complexity index is 911. The first-order valence-electron chi connectivity index (χ1n) is 11.0. The minimum atomic E-state index is 0.0839. The van der Waals surface area contributed by atoms with Crippen LogP contribution in [0.3, 0.4) is 0 Å². The number of carbonyl (C=O) groups is 1. The fourth-order valence-electron chi connectivity index (χ4n) is 4.30. The number of likely N-dealkylation sites (tertiary alicyclic amines) is 1. The molecular formula is C22H32N6O2. The standard InChI is InChI=1S/C22H32N6O2/c1-5-28-14-19(17(4)25-28)22(29)27-8-6-18(7-9-27)20-23-16(3)15(2)21(24-20)26-10-12-30-13-11-26/h14,18H,5-13H2,1-4H3. The van der Waals surface area contributed by atoms with E-state index in [0.29, 0.717) is 5.56 Å². The maximum absolute atomic E-state index is 13.0. The van der Waals surface area contributed by atoms with Gasteiger partial charge in [0.15, 0.2) is 0 Å². The molecule has 8 nitrogen and oxygen atoms in total. The van der Waals surface area contributed by atoms with Crippen molar-refractivity contribution in [2.75, 3.05) is 44.3 Å². The second kappa shape index (κ2) is 8.71. The SMILES string of the molecule is CCn1cc(C(=O)N2CCC(c3nc(C)c(C)c(N4CCOCC4)n3)CC2)c(C)n1. The zero-order valence-electron chi connectivity index (χ0n) is 18.5. The molecule has 0 radical (unpaired) electrons. The first kappa shape index (κ1) is 20.8. The summed E-state index contributed by atoms with van der Waals surface area (Å²) in [6.07, 6.45) is 3.64. The predicted molar refractivity (Wildman–Crippen MR) is 115 cm³/mol. The quantitative estimate of drug-likeness (QED) is 0.768. The van der Waals surface area contributed by atoms with Crippen LogP contribution < -0.4 is 4.90 Å². The highest BCUT2D eigenvalue weighted by atomic mass is 16.5. The van der Waals surface area contributed by atoms with Crippen LogP contribution in [0.1, 0.15) is 58.8 Å². The van der Waals surface area contributed by atoms with Crippen molar-refractivity contribution < 1.29 is 9.53 Å². The highest BCUT2D eigenvalue weighted by Crippen LogP contribution is 2.30. The van der Waals surface area contributed by atoms with Gasteiger partial charge in [-0.15, -0.1) is 0 Å². The Hall–Kier alpha value is -2.48. The van der Waals surface area contributed by atoms with Gasteiger partial charge >= 0.3 is 0 Å². The molecule has 0 spiro atoms. The second-order valence-corrected chi connectivity index (χ2v) is 8.27. The van der Waals surface area contributed by atoms with E-state index < -0.39 is 0 Å². The van der Waals surface area contributed by atoms with Gasteiger partial charge in [-0.3, -0.25) is 9.48 Å². The highest BCUT2D eigenvalue weighted by Gasteiger charge is 2.29. The van der Waals surface area contributed by atoms with Crippen molar-refractivity contribution in [3.63, 3.8) is 0 Å². The third-order valence-corrected chi connectivity index (χ3v) is 6.34. The Morgan fingerprint density at radius 2 is 1.77 bits per heavy atom. The molecule has 0 aromatic carbocycles. The highest BCUT2D eigenvalue weighted by molar-refractivity contribution is 5.95. The van der Waals surface area contributed by atoms with Crippen molar-refractivity contribution in [3.8, 4) is 0 Å². The summed E-state index contributed by atoms with van der Waals surface area (Å²) in [5.74, 6) is 2.33. The van der Waals surface area contributed by atoms with Gasteiger partial charge in [-0.2, -0.15) is 5.10 Å². The molecule has 162 valence electrons. The number of hydrogen-bond donors (Lipinski definition) is 0. The molecular weight excluding hydrogens is 380 g/mol. The number of anilines is 1. The van der Waals surface area contributed by atoms with Crippen LogP contribution in [0, 0.1) is 20.8 Å². The maximum atomic E-state index is 13.0. The molecule has 2 aliphatic heterocycles. The molecule has 2 fully saturated rings. The summed E-state index contributed by atoms with van der Waals surface area (Å²) in [6.45, 7) is 13.5. The molecule has 2 aliphatic rings. The van der Waals surface area contributed by atoms with E-state index in [0.717, 1.165) is 87.4 Å². The monoisotopic (exact) mass is 412 g/mol. The number of piperidine rings is 1. The third kappa shape index (κ3) is 4.05. The number of carbonyl (C=O) groups excluding carboxylic acids is 1. The number of aromatic nitrogens is 4. The first-order chi connectivity index (χ1) is 14.5. The number of morpholine rings is 1. The molecule has 0 aliphatic carbocycles. The van der Waals surface area contributed by atoms with Gasteiger partial charge in [-0.1, -0.05) is 0 Å². The van der Waals surface area contributed by atoms with E-state index in [-0.39, 0.29) is 11.8 Å². The molecule has 4 rings (SSSR count). The number of amides is 1. The minimum Gasteiger partial charge on any atom is -0.378 e. The topological polar surface area (TPSA) is 76.4 Å². The van der Waals surface area contributed by atoms with E-state index in [4.69, 9.17) is 14.7 Å². The third-order valence-electron chi connectivity index (χ3n) is 6.34. The van der Waals surface area contributed by atoms with Gasteiger partial charge in [-0.05, 0) is 40.5 Å². The summed E-state index contributed by atoms with van der Waals surface area (Å²) in [4.78, 5) is 27.0. The molecule has 0 atom stereocenters. The largest absolute Gasteiger partial charge is 0.378 e. The zero-order valence-corrected chi connectivity index (χ0v) is 18.5. The Labute approximate surface area is 178 Å². The normalized spacial score (nSPS) is 18.1. The van der Waals surface area contributed by atoms with Gasteiger partial charge in [0.05, 0.1) is 24.5 Å². The Morgan fingerprint density at radius 3 is 2.40 bits per heavy atom. The van der Waals surface area contributed by atoms with Crippen LogP contribution >= 0.6 is 0 Å². The van der Waals surface area contributed by atoms with E-state index in [2.05, 4.69) is 23.8 Å². The predicted octanol–water partition coefficient (Wildman–Crippen LogP) is 2.47. The molecule has 2 saturated heterocycles. The van der Waals surface area contributed by atoms with Crippen molar-refractivity contribution in [1.82, 2.24) is 24.6 Å². The molecule has 0 bridgehead atoms. The number of rotatable bonds is 4. The summed E-state index contributed by atoms with van der Waals surface area (Å²) < 4.78 is 7.32. The van der Waals surface area contributed by atoms with Crippen molar-refractivity contribution >= 4 is 11.7 Å². The summed E-state index contributed by atoms with van der Waals surface area (Å²) >= 11 is 0. The smallest absolute Gasteiger partial charge is 0.257 e. The maximum Gasteiger partial charge on any atom is 0.257 e. The summed E-state index contributed by atoms with van der Waals surface area (Å²) in [5, 5.41) is 4.42. The lowest BCUT2D eigenvalue weighted by atomic mass is 9.95. The van der Waals surface area contributed by atoms with E-state index in [1.807, 2.05) is 29.6 Å². The van der Waals surface area contributed by atoms with Crippen LogP contribution in [0.4, 0.5) is 5.82 Å². The fraction of sp³-hybridized carbons (Fsp3) is 0.636. The Kier molecular flexibility index (Phi) is 6.04. The molecule has 0 saturated carbocycles. The van der Waals surface area contributed by atoms with Crippen LogP contribution in [-0.4, -0.2) is 69.9 Å². The molecule has 0 N–H and O–H groups in total. The lowest BCUT2D eigenvalue weighted by Crippen LogP contribution is -2.39. The number of hydrogen-bond acceptors (Lipinski definition) is 6. The lowest BCUT2D eigenvalue weighted by Gasteiger charge is -2.33. The number of aryl methyl sites for hydroxylation is 3. The molecule has 0 unspecified atom stereocenters. The number of nitrogens with zero attached hydrogens (tertiary/aromatic N) is 6. The van der Waals surface area contributed by atoms with Gasteiger partial charge in [0.25, 0.3) is 5.91 Å². The van der Waals surface area contributed by atoms with Crippen LogP contribution in [0.5, 0.6) is 0 Å². The van der Waals surface area contributed by atoms with Crippen molar-refractivity contribution in [2.24, 2.45) is 0 Å². The zero-order chi connectivity index (χ0) is 21.3. The van der Waals surface area contributed by atoms with Crippen LogP contribution in [0.25, 0.3) is 0 Å². The average molecular weight is 413 g/mol. The number of ether oxygens (including phenoxy) is 1.